The molecule has 3 nitrogen and oxygen atoms in total. The Balaban J connectivity index is 2.26. The molecule has 5 heteroatoms. The quantitative estimate of drug-likeness (QED) is 0.667. The van der Waals surface area contributed by atoms with Gasteiger partial charge >= 0.3 is 0 Å². The highest BCUT2D eigenvalue weighted by Gasteiger charge is 2.12. The lowest BCUT2D eigenvalue weighted by Gasteiger charge is -2.09. The third kappa shape index (κ3) is 3.06. The number of thioether (sulfide) groups is 1. The highest BCUT2D eigenvalue weighted by molar-refractivity contribution is 7.98. The van der Waals surface area contributed by atoms with Gasteiger partial charge in [-0.2, -0.15) is 0 Å². The second kappa shape index (κ2) is 5.75. The van der Waals surface area contributed by atoms with E-state index < -0.39 is 5.82 Å². The van der Waals surface area contributed by atoms with Gasteiger partial charge < -0.3 is 10.4 Å². The predicted octanol–water partition coefficient (Wildman–Crippen LogP) is 3.51. The molecule has 0 aliphatic carbocycles. The van der Waals surface area contributed by atoms with Crippen molar-refractivity contribution in [1.82, 2.24) is 0 Å². The first-order valence-corrected chi connectivity index (χ1v) is 6.77. The zero-order valence-corrected chi connectivity index (χ0v) is 11.0. The van der Waals surface area contributed by atoms with E-state index in [4.69, 9.17) is 5.11 Å². The summed E-state index contributed by atoms with van der Waals surface area (Å²) in [5.41, 5.74) is 0.529. The van der Waals surface area contributed by atoms with E-state index in [1.165, 1.54) is 23.9 Å². The summed E-state index contributed by atoms with van der Waals surface area (Å²) in [5, 5.41) is 11.6. The van der Waals surface area contributed by atoms with Crippen molar-refractivity contribution in [3.8, 4) is 5.75 Å². The molecule has 0 fully saturated rings. The molecule has 0 heterocycles. The fourth-order valence-corrected chi connectivity index (χ4v) is 2.22. The normalized spacial score (nSPS) is 10.2. The van der Waals surface area contributed by atoms with Gasteiger partial charge in [0.15, 0.2) is 0 Å². The molecule has 0 aromatic heterocycles. The number of anilines is 1. The molecule has 2 aromatic carbocycles. The van der Waals surface area contributed by atoms with E-state index in [1.54, 1.807) is 12.1 Å². The van der Waals surface area contributed by atoms with Crippen LogP contribution in [0.2, 0.25) is 0 Å². The molecule has 2 rings (SSSR count). The second-order valence-electron chi connectivity index (χ2n) is 3.82. The third-order valence-electron chi connectivity index (χ3n) is 2.55. The van der Waals surface area contributed by atoms with Crippen LogP contribution < -0.4 is 5.32 Å². The summed E-state index contributed by atoms with van der Waals surface area (Å²) >= 11 is 1.45. The minimum absolute atomic E-state index is 0.0405. The van der Waals surface area contributed by atoms with Crippen molar-refractivity contribution in [2.24, 2.45) is 0 Å². The number of aromatic hydroxyl groups is 1. The van der Waals surface area contributed by atoms with Gasteiger partial charge in [0.1, 0.15) is 11.6 Å². The average molecular weight is 277 g/mol. The SMILES string of the molecule is CSc1ccccc1C(=O)Nc1ccc(O)cc1F. The Morgan fingerprint density at radius 1 is 1.26 bits per heavy atom. The Bertz CT molecular complexity index is 616. The monoisotopic (exact) mass is 277 g/mol. The molecule has 1 amide bonds. The maximum atomic E-state index is 13.5. The average Bonchev–Trinajstić information content (AvgIpc) is 2.41. The fraction of sp³-hybridized carbons (Fsp3) is 0.0714. The summed E-state index contributed by atoms with van der Waals surface area (Å²) < 4.78 is 13.5. The van der Waals surface area contributed by atoms with Crippen LogP contribution in [0.15, 0.2) is 47.4 Å². The lowest BCUT2D eigenvalue weighted by molar-refractivity contribution is 0.102. The molecule has 0 aliphatic heterocycles. The molecule has 0 saturated heterocycles. The highest BCUT2D eigenvalue weighted by Crippen LogP contribution is 2.23. The Morgan fingerprint density at radius 3 is 2.68 bits per heavy atom. The topological polar surface area (TPSA) is 49.3 Å². The standard InChI is InChI=1S/C14H12FNO2S/c1-19-13-5-3-2-4-10(13)14(18)16-12-7-6-9(17)8-11(12)15/h2-8,17H,1H3,(H,16,18). The van der Waals surface area contributed by atoms with Crippen LogP contribution in [-0.4, -0.2) is 17.3 Å². The van der Waals surface area contributed by atoms with Crippen LogP contribution in [0, 0.1) is 5.82 Å². The van der Waals surface area contributed by atoms with Gasteiger partial charge in [0.2, 0.25) is 0 Å². The van der Waals surface area contributed by atoms with Crippen LogP contribution in [0.3, 0.4) is 0 Å². The zero-order chi connectivity index (χ0) is 13.8. The summed E-state index contributed by atoms with van der Waals surface area (Å²) in [6, 6.07) is 10.7. The van der Waals surface area contributed by atoms with Gasteiger partial charge in [-0.15, -0.1) is 11.8 Å². The first-order valence-electron chi connectivity index (χ1n) is 5.54. The molecule has 2 aromatic rings. The summed E-state index contributed by atoms with van der Waals surface area (Å²) in [4.78, 5) is 12.9. The molecule has 0 unspecified atom stereocenters. The number of nitrogens with one attached hydrogen (secondary N) is 1. The van der Waals surface area contributed by atoms with Crippen LogP contribution >= 0.6 is 11.8 Å². The lowest BCUT2D eigenvalue weighted by atomic mass is 10.2. The number of hydrogen-bond donors (Lipinski definition) is 2. The molecule has 0 bridgehead atoms. The second-order valence-corrected chi connectivity index (χ2v) is 4.67. The van der Waals surface area contributed by atoms with E-state index in [2.05, 4.69) is 5.32 Å². The highest BCUT2D eigenvalue weighted by atomic mass is 32.2. The van der Waals surface area contributed by atoms with Gasteiger partial charge in [0, 0.05) is 11.0 Å². The largest absolute Gasteiger partial charge is 0.508 e. The molecular weight excluding hydrogens is 265 g/mol. The number of carbonyl (C=O) groups excluding carboxylic acids is 1. The molecule has 0 radical (unpaired) electrons. The first kappa shape index (κ1) is 13.4. The van der Waals surface area contributed by atoms with Gasteiger partial charge in [-0.1, -0.05) is 12.1 Å². The van der Waals surface area contributed by atoms with E-state index in [0.29, 0.717) is 5.56 Å². The Hall–Kier alpha value is -2.01. The lowest BCUT2D eigenvalue weighted by Crippen LogP contribution is -2.13. The van der Waals surface area contributed by atoms with Crippen LogP contribution in [0.25, 0.3) is 0 Å². The maximum Gasteiger partial charge on any atom is 0.256 e. The van der Waals surface area contributed by atoms with Crippen LogP contribution in [0.4, 0.5) is 10.1 Å². The number of rotatable bonds is 3. The van der Waals surface area contributed by atoms with Gasteiger partial charge in [-0.25, -0.2) is 4.39 Å². The van der Waals surface area contributed by atoms with Crippen molar-refractivity contribution in [1.29, 1.82) is 0 Å². The van der Waals surface area contributed by atoms with Crippen molar-refractivity contribution < 1.29 is 14.3 Å². The third-order valence-corrected chi connectivity index (χ3v) is 3.35. The predicted molar refractivity (Wildman–Crippen MR) is 74.2 cm³/mol. The molecule has 0 aliphatic rings. The molecule has 19 heavy (non-hydrogen) atoms. The van der Waals surface area contributed by atoms with Gasteiger partial charge in [-0.05, 0) is 30.5 Å². The van der Waals surface area contributed by atoms with Crippen molar-refractivity contribution in [2.45, 2.75) is 4.90 Å². The van der Waals surface area contributed by atoms with E-state index in [9.17, 15) is 9.18 Å². The smallest absolute Gasteiger partial charge is 0.256 e. The van der Waals surface area contributed by atoms with Crippen LogP contribution in [-0.2, 0) is 0 Å². The molecule has 0 saturated carbocycles. The van der Waals surface area contributed by atoms with Crippen molar-refractivity contribution >= 4 is 23.4 Å². The number of phenols is 1. The minimum Gasteiger partial charge on any atom is -0.508 e. The molecule has 2 N–H and O–H groups in total. The fourth-order valence-electron chi connectivity index (χ4n) is 1.63. The summed E-state index contributed by atoms with van der Waals surface area (Å²) in [6.07, 6.45) is 1.87. The number of hydrogen-bond acceptors (Lipinski definition) is 3. The maximum absolute atomic E-state index is 13.5. The molecule has 0 atom stereocenters. The number of carbonyl (C=O) groups is 1. The summed E-state index contributed by atoms with van der Waals surface area (Å²) in [6.45, 7) is 0. The molecule has 0 spiro atoms. The summed E-state index contributed by atoms with van der Waals surface area (Å²) in [7, 11) is 0. The number of amides is 1. The van der Waals surface area contributed by atoms with Gasteiger partial charge in [-0.3, -0.25) is 4.79 Å². The number of benzene rings is 2. The molecule has 98 valence electrons. The van der Waals surface area contributed by atoms with Crippen molar-refractivity contribution in [2.75, 3.05) is 11.6 Å². The summed E-state index contributed by atoms with van der Waals surface area (Å²) in [5.74, 6) is -1.23. The van der Waals surface area contributed by atoms with E-state index in [-0.39, 0.29) is 17.3 Å². The zero-order valence-electron chi connectivity index (χ0n) is 10.2. The Labute approximate surface area is 114 Å². The van der Waals surface area contributed by atoms with Gasteiger partial charge in [0.05, 0.1) is 11.3 Å². The number of halogens is 1. The molecular formula is C14H12FNO2S. The van der Waals surface area contributed by atoms with Crippen LogP contribution in [0.5, 0.6) is 5.75 Å². The van der Waals surface area contributed by atoms with Crippen molar-refractivity contribution in [3.05, 3.63) is 53.8 Å². The minimum atomic E-state index is -0.671. The van der Waals surface area contributed by atoms with E-state index in [1.807, 2.05) is 18.4 Å². The van der Waals surface area contributed by atoms with E-state index in [0.717, 1.165) is 11.0 Å². The number of phenolic OH excluding ortho intramolecular Hbond substituents is 1. The first-order chi connectivity index (χ1) is 9.11. The van der Waals surface area contributed by atoms with Crippen LogP contribution in [0.1, 0.15) is 10.4 Å². The van der Waals surface area contributed by atoms with Gasteiger partial charge in [0.25, 0.3) is 5.91 Å². The Kier molecular flexibility index (Phi) is 4.06. The van der Waals surface area contributed by atoms with E-state index >= 15 is 0 Å². The Morgan fingerprint density at radius 2 is 2.00 bits per heavy atom. The van der Waals surface area contributed by atoms with Crippen molar-refractivity contribution in [3.63, 3.8) is 0 Å².